The van der Waals surface area contributed by atoms with Crippen LogP contribution in [0.25, 0.3) is 5.57 Å². The molecule has 2 aliphatic heterocycles. The molecule has 0 aliphatic carbocycles. The number of amides is 1. The number of halogens is 2. The van der Waals surface area contributed by atoms with Crippen molar-refractivity contribution in [1.29, 1.82) is 0 Å². The number of nitrogens with zero attached hydrogens (tertiary/aromatic N) is 4. The van der Waals surface area contributed by atoms with Gasteiger partial charge in [0.1, 0.15) is 11.9 Å². The number of hydrogen-bond donors (Lipinski definition) is 1. The zero-order chi connectivity index (χ0) is 17.2. The van der Waals surface area contributed by atoms with E-state index in [0.29, 0.717) is 24.3 Å². The van der Waals surface area contributed by atoms with Crippen LogP contribution in [0.3, 0.4) is 0 Å². The smallest absolute Gasteiger partial charge is 0.414 e. The van der Waals surface area contributed by atoms with Crippen molar-refractivity contribution in [2.75, 3.05) is 24.5 Å². The van der Waals surface area contributed by atoms with E-state index in [-0.39, 0.29) is 24.3 Å². The molecule has 0 bridgehead atoms. The molecule has 138 valence electrons. The number of carbonyl (C=O) groups excluding carboxylic acids is 1. The van der Waals surface area contributed by atoms with Gasteiger partial charge in [-0.2, -0.15) is 0 Å². The Kier molecular flexibility index (Phi) is 5.53. The van der Waals surface area contributed by atoms with Gasteiger partial charge in [0.05, 0.1) is 25.0 Å². The van der Waals surface area contributed by atoms with E-state index in [1.807, 2.05) is 6.08 Å². The van der Waals surface area contributed by atoms with Gasteiger partial charge in [0.25, 0.3) is 0 Å². The maximum atomic E-state index is 14.6. The van der Waals surface area contributed by atoms with Crippen molar-refractivity contribution in [1.82, 2.24) is 20.3 Å². The fourth-order valence-electron chi connectivity index (χ4n) is 3.17. The summed E-state index contributed by atoms with van der Waals surface area (Å²) in [6.45, 7) is 2.36. The van der Waals surface area contributed by atoms with Crippen LogP contribution in [0.2, 0.25) is 0 Å². The van der Waals surface area contributed by atoms with E-state index in [4.69, 9.17) is 4.74 Å². The number of aromatic nitrogens is 3. The van der Waals surface area contributed by atoms with E-state index < -0.39 is 6.09 Å². The Morgan fingerprint density at radius 2 is 2.27 bits per heavy atom. The van der Waals surface area contributed by atoms with Crippen molar-refractivity contribution in [2.24, 2.45) is 0 Å². The Hall–Kier alpha value is -2.45. The first-order valence-electron chi connectivity index (χ1n) is 8.22. The number of benzene rings is 1. The molecule has 2 aliphatic rings. The summed E-state index contributed by atoms with van der Waals surface area (Å²) in [5, 5.41) is 10.8. The standard InChI is InChI=1S/C17H18FN5O2.ClH/c18-16-9-13(1-2-15(16)12-3-5-19-6-4-12)23-11-14(25-17(23)24)10-22-8-7-20-21-22;/h1-3,7-9,14,19H,4-6,10-11H2;1H/t14-;/m0./s1. The van der Waals surface area contributed by atoms with Gasteiger partial charge in [0.15, 0.2) is 0 Å². The zero-order valence-corrected chi connectivity index (χ0v) is 14.8. The predicted molar refractivity (Wildman–Crippen MR) is 96.7 cm³/mol. The molecule has 1 fully saturated rings. The van der Waals surface area contributed by atoms with Gasteiger partial charge in [0, 0.05) is 18.3 Å². The van der Waals surface area contributed by atoms with Crippen LogP contribution < -0.4 is 10.2 Å². The largest absolute Gasteiger partial charge is 0.442 e. The normalized spacial score (nSPS) is 19.7. The second-order valence-corrected chi connectivity index (χ2v) is 6.09. The number of anilines is 1. The molecule has 0 saturated carbocycles. The van der Waals surface area contributed by atoms with Crippen LogP contribution >= 0.6 is 12.4 Å². The average Bonchev–Trinajstić information content (AvgIpc) is 3.25. The highest BCUT2D eigenvalue weighted by molar-refractivity contribution is 5.90. The molecule has 1 aromatic carbocycles. The topological polar surface area (TPSA) is 72.3 Å². The lowest BCUT2D eigenvalue weighted by Gasteiger charge is -2.17. The molecular formula is C17H19ClFN5O2. The van der Waals surface area contributed by atoms with Crippen LogP contribution in [0, 0.1) is 5.82 Å². The Labute approximate surface area is 156 Å². The summed E-state index contributed by atoms with van der Waals surface area (Å²) in [7, 11) is 0. The van der Waals surface area contributed by atoms with E-state index in [1.54, 1.807) is 29.2 Å². The van der Waals surface area contributed by atoms with E-state index >= 15 is 0 Å². The van der Waals surface area contributed by atoms with Crippen LogP contribution in [0.15, 0.2) is 36.7 Å². The lowest BCUT2D eigenvalue weighted by molar-refractivity contribution is 0.129. The van der Waals surface area contributed by atoms with Gasteiger partial charge in [-0.05, 0) is 36.7 Å². The first kappa shape index (κ1) is 18.3. The minimum absolute atomic E-state index is 0. The van der Waals surface area contributed by atoms with Crippen molar-refractivity contribution in [2.45, 2.75) is 19.1 Å². The molecule has 26 heavy (non-hydrogen) atoms. The number of carbonyl (C=O) groups is 1. The van der Waals surface area contributed by atoms with Crippen LogP contribution in [0.1, 0.15) is 12.0 Å². The highest BCUT2D eigenvalue weighted by atomic mass is 35.5. The third kappa shape index (κ3) is 3.71. The Bertz CT molecular complexity index is 811. The summed E-state index contributed by atoms with van der Waals surface area (Å²) in [5.74, 6) is -0.321. The predicted octanol–water partition coefficient (Wildman–Crippen LogP) is 2.24. The summed E-state index contributed by atoms with van der Waals surface area (Å²) < 4.78 is 21.5. The zero-order valence-electron chi connectivity index (χ0n) is 14.0. The summed E-state index contributed by atoms with van der Waals surface area (Å²) in [6.07, 6.45) is 5.25. The maximum Gasteiger partial charge on any atom is 0.414 e. The molecule has 1 aromatic heterocycles. The molecule has 1 amide bonds. The van der Waals surface area contributed by atoms with Gasteiger partial charge in [-0.1, -0.05) is 11.3 Å². The lowest BCUT2D eigenvalue weighted by Crippen LogP contribution is -2.26. The fourth-order valence-corrected chi connectivity index (χ4v) is 3.17. The summed E-state index contributed by atoms with van der Waals surface area (Å²) in [6, 6.07) is 4.90. The third-order valence-electron chi connectivity index (χ3n) is 4.41. The van der Waals surface area contributed by atoms with Crippen LogP contribution in [-0.4, -0.2) is 46.8 Å². The lowest BCUT2D eigenvalue weighted by atomic mass is 9.99. The summed E-state index contributed by atoms with van der Waals surface area (Å²) >= 11 is 0. The number of hydrogen-bond acceptors (Lipinski definition) is 5. The molecule has 0 unspecified atom stereocenters. The van der Waals surface area contributed by atoms with Gasteiger partial charge >= 0.3 is 6.09 Å². The van der Waals surface area contributed by atoms with E-state index in [2.05, 4.69) is 15.6 Å². The number of nitrogens with one attached hydrogen (secondary N) is 1. The molecular weight excluding hydrogens is 361 g/mol. The molecule has 1 saturated heterocycles. The van der Waals surface area contributed by atoms with Crippen LogP contribution in [-0.2, 0) is 11.3 Å². The number of rotatable bonds is 4. The summed E-state index contributed by atoms with van der Waals surface area (Å²) in [5.41, 5.74) is 2.09. The quantitative estimate of drug-likeness (QED) is 0.882. The minimum Gasteiger partial charge on any atom is -0.442 e. The number of cyclic esters (lactones) is 1. The van der Waals surface area contributed by atoms with Gasteiger partial charge < -0.3 is 10.1 Å². The Balaban J connectivity index is 0.00000196. The van der Waals surface area contributed by atoms with Crippen LogP contribution in [0.5, 0.6) is 0 Å². The highest BCUT2D eigenvalue weighted by Gasteiger charge is 2.33. The molecule has 1 N–H and O–H groups in total. The van der Waals surface area contributed by atoms with Crippen LogP contribution in [0.4, 0.5) is 14.9 Å². The highest BCUT2D eigenvalue weighted by Crippen LogP contribution is 2.28. The fraction of sp³-hybridized carbons (Fsp3) is 0.353. The van der Waals surface area contributed by atoms with Gasteiger partial charge in [0.2, 0.25) is 0 Å². The SMILES string of the molecule is Cl.O=C1O[C@@H](Cn2ccnn2)CN1c1ccc(C2=CCNCC2)c(F)c1. The third-order valence-corrected chi connectivity index (χ3v) is 4.41. The average molecular weight is 380 g/mol. The molecule has 0 spiro atoms. The van der Waals surface area contributed by atoms with Gasteiger partial charge in [-0.25, -0.2) is 13.9 Å². The first-order valence-corrected chi connectivity index (χ1v) is 8.22. The van der Waals surface area contributed by atoms with E-state index in [9.17, 15) is 9.18 Å². The first-order chi connectivity index (χ1) is 12.2. The molecule has 3 heterocycles. The van der Waals surface area contributed by atoms with Gasteiger partial charge in [-0.3, -0.25) is 4.90 Å². The summed E-state index contributed by atoms with van der Waals surface area (Å²) in [4.78, 5) is 13.6. The van der Waals surface area contributed by atoms with Crippen molar-refractivity contribution >= 4 is 29.8 Å². The van der Waals surface area contributed by atoms with Crippen molar-refractivity contribution in [3.63, 3.8) is 0 Å². The Morgan fingerprint density at radius 3 is 2.96 bits per heavy atom. The Morgan fingerprint density at radius 1 is 1.38 bits per heavy atom. The molecule has 9 heteroatoms. The van der Waals surface area contributed by atoms with E-state index in [0.717, 1.165) is 25.1 Å². The van der Waals surface area contributed by atoms with Crippen molar-refractivity contribution < 1.29 is 13.9 Å². The van der Waals surface area contributed by atoms with Gasteiger partial charge in [-0.15, -0.1) is 17.5 Å². The maximum absolute atomic E-state index is 14.6. The molecule has 2 aromatic rings. The molecule has 0 radical (unpaired) electrons. The second kappa shape index (κ2) is 7.84. The molecule has 1 atom stereocenters. The minimum atomic E-state index is -0.474. The monoisotopic (exact) mass is 379 g/mol. The van der Waals surface area contributed by atoms with Crippen molar-refractivity contribution in [3.8, 4) is 0 Å². The molecule has 4 rings (SSSR count). The van der Waals surface area contributed by atoms with E-state index in [1.165, 1.54) is 11.0 Å². The second-order valence-electron chi connectivity index (χ2n) is 6.09. The molecule has 7 nitrogen and oxygen atoms in total. The number of ether oxygens (including phenoxy) is 1. The van der Waals surface area contributed by atoms with Crippen molar-refractivity contribution in [3.05, 3.63) is 48.0 Å².